The van der Waals surface area contributed by atoms with Crippen LogP contribution in [0.25, 0.3) is 0 Å². The summed E-state index contributed by atoms with van der Waals surface area (Å²) in [5.74, 6) is 0. The van der Waals surface area contributed by atoms with Crippen molar-refractivity contribution in [1.82, 2.24) is 9.62 Å². The van der Waals surface area contributed by atoms with Crippen LogP contribution in [0.3, 0.4) is 0 Å². The molecule has 0 bridgehead atoms. The van der Waals surface area contributed by atoms with Crippen LogP contribution < -0.4 is 4.72 Å². The quantitative estimate of drug-likeness (QED) is 0.804. The molecule has 140 valence electrons. The van der Waals surface area contributed by atoms with E-state index in [4.69, 9.17) is 0 Å². The van der Waals surface area contributed by atoms with Gasteiger partial charge in [-0.2, -0.15) is 0 Å². The maximum absolute atomic E-state index is 12.8. The molecule has 0 aliphatic heterocycles. The second-order valence-corrected chi connectivity index (χ2v) is 8.66. The molecule has 2 aromatic carbocycles. The van der Waals surface area contributed by atoms with E-state index in [9.17, 15) is 8.42 Å². The van der Waals surface area contributed by atoms with Crippen LogP contribution in [0.4, 0.5) is 0 Å². The molecule has 1 saturated carbocycles. The van der Waals surface area contributed by atoms with E-state index in [-0.39, 0.29) is 12.1 Å². The molecule has 0 radical (unpaired) electrons. The van der Waals surface area contributed by atoms with E-state index in [0.717, 1.165) is 38.8 Å². The van der Waals surface area contributed by atoms with Crippen molar-refractivity contribution in [2.45, 2.75) is 56.1 Å². The number of nitrogens with zero attached hydrogens (tertiary/aromatic N) is 1. The van der Waals surface area contributed by atoms with Gasteiger partial charge in [-0.25, -0.2) is 13.1 Å². The fourth-order valence-electron chi connectivity index (χ4n) is 3.83. The summed E-state index contributed by atoms with van der Waals surface area (Å²) in [5.41, 5.74) is 1.27. The van der Waals surface area contributed by atoms with Crippen molar-refractivity contribution in [3.05, 3.63) is 66.2 Å². The summed E-state index contributed by atoms with van der Waals surface area (Å²) in [5, 5.41) is 0. The normalized spacial score (nSPS) is 21.0. The topological polar surface area (TPSA) is 49.4 Å². The second-order valence-electron chi connectivity index (χ2n) is 6.94. The Bertz CT molecular complexity index is 778. The average Bonchev–Trinajstić information content (AvgIpc) is 2.68. The van der Waals surface area contributed by atoms with E-state index in [1.165, 1.54) is 5.56 Å². The standard InChI is InChI=1S/C21H28N2O2S/c1-2-23(17-18-11-5-3-6-12-18)21-16-10-9-15-20(21)22-26(24,25)19-13-7-4-8-14-19/h3-8,11-14,20-22H,2,9-10,15-17H2,1H3/t20-,21+/m1/s1. The Morgan fingerprint density at radius 1 is 0.962 bits per heavy atom. The van der Waals surface area contributed by atoms with Crippen molar-refractivity contribution in [2.24, 2.45) is 0 Å². The van der Waals surface area contributed by atoms with E-state index >= 15 is 0 Å². The van der Waals surface area contributed by atoms with Gasteiger partial charge in [-0.1, -0.05) is 68.3 Å². The summed E-state index contributed by atoms with van der Waals surface area (Å²) in [6.07, 6.45) is 4.14. The molecule has 1 N–H and O–H groups in total. The minimum absolute atomic E-state index is 0.0439. The molecule has 2 aromatic rings. The van der Waals surface area contributed by atoms with Gasteiger partial charge in [-0.15, -0.1) is 0 Å². The van der Waals surface area contributed by atoms with Crippen LogP contribution in [0.1, 0.15) is 38.2 Å². The summed E-state index contributed by atoms with van der Waals surface area (Å²) in [4.78, 5) is 2.75. The summed E-state index contributed by atoms with van der Waals surface area (Å²) in [7, 11) is -3.48. The largest absolute Gasteiger partial charge is 0.295 e. The summed E-state index contributed by atoms with van der Waals surface area (Å²) in [6.45, 7) is 3.91. The van der Waals surface area contributed by atoms with Gasteiger partial charge >= 0.3 is 0 Å². The number of likely N-dealkylation sites (N-methyl/N-ethyl adjacent to an activating group) is 1. The van der Waals surface area contributed by atoms with Crippen LogP contribution in [-0.2, 0) is 16.6 Å². The van der Waals surface area contributed by atoms with Crippen molar-refractivity contribution < 1.29 is 8.42 Å². The molecule has 3 rings (SSSR count). The van der Waals surface area contributed by atoms with Gasteiger partial charge in [0.05, 0.1) is 4.90 Å². The summed E-state index contributed by atoms with van der Waals surface area (Å²) in [6, 6.07) is 19.3. The van der Waals surface area contributed by atoms with Gasteiger partial charge in [0.1, 0.15) is 0 Å². The molecule has 0 unspecified atom stereocenters. The van der Waals surface area contributed by atoms with Crippen molar-refractivity contribution in [3.8, 4) is 0 Å². The maximum Gasteiger partial charge on any atom is 0.240 e. The van der Waals surface area contributed by atoms with Crippen molar-refractivity contribution in [1.29, 1.82) is 0 Å². The third-order valence-corrected chi connectivity index (χ3v) is 6.70. The van der Waals surface area contributed by atoms with Gasteiger partial charge in [0.2, 0.25) is 10.0 Å². The third kappa shape index (κ3) is 4.72. The van der Waals surface area contributed by atoms with Crippen LogP contribution >= 0.6 is 0 Å². The van der Waals surface area contributed by atoms with Crippen LogP contribution in [0.5, 0.6) is 0 Å². The van der Waals surface area contributed by atoms with E-state index in [1.54, 1.807) is 24.3 Å². The molecule has 1 aliphatic rings. The molecule has 4 nitrogen and oxygen atoms in total. The molecule has 5 heteroatoms. The Kier molecular flexibility index (Phi) is 6.46. The monoisotopic (exact) mass is 372 g/mol. The molecule has 2 atom stereocenters. The van der Waals surface area contributed by atoms with Gasteiger partial charge in [-0.05, 0) is 37.1 Å². The average molecular weight is 373 g/mol. The predicted molar refractivity (Wildman–Crippen MR) is 105 cm³/mol. The first-order chi connectivity index (χ1) is 12.6. The van der Waals surface area contributed by atoms with Gasteiger partial charge in [0, 0.05) is 18.6 Å². The Hall–Kier alpha value is -1.69. The SMILES string of the molecule is CCN(Cc1ccccc1)[C@H]1CCCC[C@H]1NS(=O)(=O)c1ccccc1. The highest BCUT2D eigenvalue weighted by atomic mass is 32.2. The highest BCUT2D eigenvalue weighted by Gasteiger charge is 2.32. The third-order valence-electron chi connectivity index (χ3n) is 5.19. The van der Waals surface area contributed by atoms with Gasteiger partial charge in [0.25, 0.3) is 0 Å². The fourth-order valence-corrected chi connectivity index (χ4v) is 5.16. The number of hydrogen-bond donors (Lipinski definition) is 1. The number of benzene rings is 2. The fraction of sp³-hybridized carbons (Fsp3) is 0.429. The Balaban J connectivity index is 1.76. The molecule has 0 saturated heterocycles. The van der Waals surface area contributed by atoms with Gasteiger partial charge in [-0.3, -0.25) is 4.90 Å². The second kappa shape index (κ2) is 8.80. The van der Waals surface area contributed by atoms with Crippen molar-refractivity contribution in [3.63, 3.8) is 0 Å². The first kappa shape index (κ1) is 19.1. The first-order valence-electron chi connectivity index (χ1n) is 9.45. The lowest BCUT2D eigenvalue weighted by atomic mass is 9.89. The van der Waals surface area contributed by atoms with Gasteiger partial charge < -0.3 is 0 Å². The Morgan fingerprint density at radius 3 is 2.23 bits per heavy atom. The van der Waals surface area contributed by atoms with Crippen LogP contribution in [0, 0.1) is 0 Å². The first-order valence-corrected chi connectivity index (χ1v) is 10.9. The zero-order valence-electron chi connectivity index (χ0n) is 15.3. The Labute approximate surface area is 157 Å². The van der Waals surface area contributed by atoms with Crippen LogP contribution in [0.2, 0.25) is 0 Å². The molecular weight excluding hydrogens is 344 g/mol. The molecule has 0 aromatic heterocycles. The Morgan fingerprint density at radius 2 is 1.58 bits per heavy atom. The minimum Gasteiger partial charge on any atom is -0.295 e. The highest BCUT2D eigenvalue weighted by Crippen LogP contribution is 2.26. The molecule has 0 heterocycles. The molecule has 0 spiro atoms. The number of nitrogens with one attached hydrogen (secondary N) is 1. The zero-order valence-corrected chi connectivity index (χ0v) is 16.2. The number of rotatable bonds is 7. The van der Waals surface area contributed by atoms with E-state index in [1.807, 2.05) is 12.1 Å². The van der Waals surface area contributed by atoms with Crippen molar-refractivity contribution in [2.75, 3.05) is 6.54 Å². The highest BCUT2D eigenvalue weighted by molar-refractivity contribution is 7.89. The lowest BCUT2D eigenvalue weighted by Crippen LogP contribution is -2.52. The zero-order chi connectivity index (χ0) is 18.4. The van der Waals surface area contributed by atoms with E-state index < -0.39 is 10.0 Å². The van der Waals surface area contributed by atoms with Crippen LogP contribution in [-0.4, -0.2) is 31.9 Å². The molecular formula is C21H28N2O2S. The van der Waals surface area contributed by atoms with E-state index in [2.05, 4.69) is 40.8 Å². The molecule has 26 heavy (non-hydrogen) atoms. The number of sulfonamides is 1. The summed E-state index contributed by atoms with van der Waals surface area (Å²) >= 11 is 0. The van der Waals surface area contributed by atoms with Crippen LogP contribution in [0.15, 0.2) is 65.6 Å². The summed E-state index contributed by atoms with van der Waals surface area (Å²) < 4.78 is 28.6. The smallest absolute Gasteiger partial charge is 0.240 e. The molecule has 1 fully saturated rings. The van der Waals surface area contributed by atoms with Gasteiger partial charge in [0.15, 0.2) is 0 Å². The predicted octanol–water partition coefficient (Wildman–Crippen LogP) is 3.80. The van der Waals surface area contributed by atoms with Crippen molar-refractivity contribution >= 4 is 10.0 Å². The van der Waals surface area contributed by atoms with E-state index in [0.29, 0.717) is 4.90 Å². The molecule has 1 aliphatic carbocycles. The lowest BCUT2D eigenvalue weighted by molar-refractivity contribution is 0.130. The lowest BCUT2D eigenvalue weighted by Gasteiger charge is -2.39. The maximum atomic E-state index is 12.8. The number of hydrogen-bond acceptors (Lipinski definition) is 3. The minimum atomic E-state index is -3.48. The molecule has 0 amide bonds.